The van der Waals surface area contributed by atoms with E-state index in [1.54, 1.807) is 19.4 Å². The van der Waals surface area contributed by atoms with E-state index in [1.807, 2.05) is 28.9 Å². The average molecular weight is 369 g/mol. The summed E-state index contributed by atoms with van der Waals surface area (Å²) < 4.78 is 13.0. The van der Waals surface area contributed by atoms with Crippen molar-refractivity contribution in [3.8, 4) is 11.5 Å². The van der Waals surface area contributed by atoms with Crippen LogP contribution in [0.1, 0.15) is 50.6 Å². The van der Waals surface area contributed by atoms with E-state index < -0.39 is 0 Å². The number of nitrogens with one attached hydrogen (secondary N) is 1. The maximum atomic E-state index is 12.3. The highest BCUT2D eigenvalue weighted by Crippen LogP contribution is 2.31. The van der Waals surface area contributed by atoms with E-state index in [0.717, 1.165) is 30.6 Å². The molecule has 0 saturated heterocycles. The first-order chi connectivity index (χ1) is 13.2. The Kier molecular flexibility index (Phi) is 6.52. The van der Waals surface area contributed by atoms with Crippen LogP contribution >= 0.6 is 0 Å². The molecule has 1 heterocycles. The Morgan fingerprint density at radius 1 is 1.30 bits per heavy atom. The molecule has 144 valence electrons. The molecular formula is C21H27N3O3. The molecule has 6 heteroatoms. The summed E-state index contributed by atoms with van der Waals surface area (Å²) >= 11 is 0. The van der Waals surface area contributed by atoms with E-state index in [0.29, 0.717) is 24.1 Å². The summed E-state index contributed by atoms with van der Waals surface area (Å²) in [4.78, 5) is 12.3. The highest BCUT2D eigenvalue weighted by atomic mass is 16.5. The van der Waals surface area contributed by atoms with E-state index in [9.17, 15) is 4.79 Å². The van der Waals surface area contributed by atoms with Crippen molar-refractivity contribution in [2.24, 2.45) is 0 Å². The second-order valence-electron chi connectivity index (χ2n) is 6.68. The van der Waals surface area contributed by atoms with Crippen LogP contribution in [0.15, 0.2) is 36.5 Å². The predicted octanol–water partition coefficient (Wildman–Crippen LogP) is 4.45. The zero-order chi connectivity index (χ0) is 19.1. The highest BCUT2D eigenvalue weighted by molar-refractivity contribution is 6.01. The number of methoxy groups -OCH3 is 1. The molecule has 1 aliphatic carbocycles. The first kappa shape index (κ1) is 19.0. The first-order valence-corrected chi connectivity index (χ1v) is 9.54. The molecule has 0 atom stereocenters. The Labute approximate surface area is 160 Å². The molecule has 0 radical (unpaired) electrons. The number of rotatable bonds is 8. The van der Waals surface area contributed by atoms with Crippen LogP contribution in [-0.2, 0) is 4.79 Å². The summed E-state index contributed by atoms with van der Waals surface area (Å²) in [6.45, 7) is 2.70. The number of ether oxygens (including phenoxy) is 2. The molecule has 6 nitrogen and oxygen atoms in total. The van der Waals surface area contributed by atoms with E-state index >= 15 is 0 Å². The fraction of sp³-hybridized carbons (Fsp3) is 0.429. The minimum absolute atomic E-state index is 0.181. The summed E-state index contributed by atoms with van der Waals surface area (Å²) in [7, 11) is 1.61. The Morgan fingerprint density at radius 3 is 2.85 bits per heavy atom. The molecular weight excluding hydrogens is 342 g/mol. The lowest BCUT2D eigenvalue weighted by atomic mass is 10.2. The van der Waals surface area contributed by atoms with Gasteiger partial charge in [0.05, 0.1) is 26.0 Å². The number of carbonyl (C=O) groups is 1. The van der Waals surface area contributed by atoms with Crippen molar-refractivity contribution in [2.75, 3.05) is 19.0 Å². The molecule has 1 fully saturated rings. The zero-order valence-electron chi connectivity index (χ0n) is 16.0. The number of hydrogen-bond donors (Lipinski definition) is 1. The molecule has 3 rings (SSSR count). The van der Waals surface area contributed by atoms with Gasteiger partial charge in [0.1, 0.15) is 5.82 Å². The second kappa shape index (κ2) is 9.26. The van der Waals surface area contributed by atoms with E-state index in [4.69, 9.17) is 9.47 Å². The monoisotopic (exact) mass is 369 g/mol. The summed E-state index contributed by atoms with van der Waals surface area (Å²) in [5.41, 5.74) is 0.871. The Balaban J connectivity index is 1.64. The van der Waals surface area contributed by atoms with Crippen molar-refractivity contribution < 1.29 is 14.3 Å². The molecule has 27 heavy (non-hydrogen) atoms. The van der Waals surface area contributed by atoms with Crippen molar-refractivity contribution in [1.82, 2.24) is 9.78 Å². The molecule has 1 amide bonds. The standard InChI is InChI=1S/C21H27N3O3/c1-3-14-27-18-10-8-16(15-19(18)26-2)9-11-21(25)23-20-12-13-22-24(20)17-6-4-5-7-17/h8-13,15,17H,3-7,14H2,1-2H3,(H,23,25)/b11-9+. The van der Waals surface area contributed by atoms with Gasteiger partial charge in [-0.15, -0.1) is 0 Å². The number of anilines is 1. The van der Waals surface area contributed by atoms with Crippen LogP contribution in [0.3, 0.4) is 0 Å². The SMILES string of the molecule is CCCOc1ccc(/C=C/C(=O)Nc2ccnn2C2CCCC2)cc1OC. The molecule has 1 aromatic heterocycles. The van der Waals surface area contributed by atoms with E-state index in [1.165, 1.54) is 18.9 Å². The van der Waals surface area contributed by atoms with Crippen molar-refractivity contribution in [2.45, 2.75) is 45.1 Å². The third-order valence-electron chi connectivity index (χ3n) is 4.67. The average Bonchev–Trinajstić information content (AvgIpc) is 3.36. The van der Waals surface area contributed by atoms with Crippen molar-refractivity contribution >= 4 is 17.8 Å². The van der Waals surface area contributed by atoms with Gasteiger partial charge < -0.3 is 14.8 Å². The van der Waals surface area contributed by atoms with Crippen LogP contribution in [0.5, 0.6) is 11.5 Å². The van der Waals surface area contributed by atoms with Crippen LogP contribution in [0.4, 0.5) is 5.82 Å². The Hall–Kier alpha value is -2.76. The lowest BCUT2D eigenvalue weighted by Crippen LogP contribution is -2.15. The molecule has 1 N–H and O–H groups in total. The molecule has 0 spiro atoms. The number of carbonyl (C=O) groups excluding carboxylic acids is 1. The van der Waals surface area contributed by atoms with Crippen LogP contribution in [0.2, 0.25) is 0 Å². The third-order valence-corrected chi connectivity index (χ3v) is 4.67. The van der Waals surface area contributed by atoms with Gasteiger partial charge in [0.25, 0.3) is 0 Å². The predicted molar refractivity (Wildman–Crippen MR) is 106 cm³/mol. The van der Waals surface area contributed by atoms with Gasteiger partial charge in [-0.2, -0.15) is 5.10 Å². The highest BCUT2D eigenvalue weighted by Gasteiger charge is 2.20. The molecule has 1 aromatic carbocycles. The lowest BCUT2D eigenvalue weighted by molar-refractivity contribution is -0.111. The van der Waals surface area contributed by atoms with Crippen LogP contribution in [0.25, 0.3) is 6.08 Å². The van der Waals surface area contributed by atoms with Gasteiger partial charge in [0, 0.05) is 12.1 Å². The number of benzene rings is 1. The first-order valence-electron chi connectivity index (χ1n) is 9.54. The molecule has 0 unspecified atom stereocenters. The van der Waals surface area contributed by atoms with Crippen molar-refractivity contribution in [3.05, 3.63) is 42.1 Å². The Morgan fingerprint density at radius 2 is 2.11 bits per heavy atom. The maximum absolute atomic E-state index is 12.3. The number of hydrogen-bond acceptors (Lipinski definition) is 4. The second-order valence-corrected chi connectivity index (χ2v) is 6.68. The van der Waals surface area contributed by atoms with Gasteiger partial charge in [-0.3, -0.25) is 4.79 Å². The number of nitrogens with zero attached hydrogens (tertiary/aromatic N) is 2. The summed E-state index contributed by atoms with van der Waals surface area (Å²) in [6, 6.07) is 7.85. The third kappa shape index (κ3) is 4.90. The quantitative estimate of drug-likeness (QED) is 0.698. The molecule has 1 aliphatic rings. The maximum Gasteiger partial charge on any atom is 0.249 e. The lowest BCUT2D eigenvalue weighted by Gasteiger charge is -2.14. The zero-order valence-corrected chi connectivity index (χ0v) is 16.0. The number of amides is 1. The smallest absolute Gasteiger partial charge is 0.249 e. The molecule has 1 saturated carbocycles. The topological polar surface area (TPSA) is 65.4 Å². The number of aromatic nitrogens is 2. The molecule has 0 bridgehead atoms. The van der Waals surface area contributed by atoms with Gasteiger partial charge in [0.15, 0.2) is 11.5 Å². The largest absolute Gasteiger partial charge is 0.493 e. The summed E-state index contributed by atoms with van der Waals surface area (Å²) in [5.74, 6) is 1.93. The van der Waals surface area contributed by atoms with Crippen LogP contribution < -0.4 is 14.8 Å². The summed E-state index contributed by atoms with van der Waals surface area (Å²) in [5, 5.41) is 7.30. The molecule has 2 aromatic rings. The van der Waals surface area contributed by atoms with Crippen molar-refractivity contribution in [3.63, 3.8) is 0 Å². The van der Waals surface area contributed by atoms with Crippen LogP contribution in [-0.4, -0.2) is 29.4 Å². The van der Waals surface area contributed by atoms with Gasteiger partial charge in [-0.05, 0) is 43.0 Å². The van der Waals surface area contributed by atoms with E-state index in [2.05, 4.69) is 17.3 Å². The fourth-order valence-corrected chi connectivity index (χ4v) is 3.31. The van der Waals surface area contributed by atoms with Gasteiger partial charge in [-0.1, -0.05) is 25.8 Å². The van der Waals surface area contributed by atoms with Gasteiger partial charge >= 0.3 is 0 Å². The van der Waals surface area contributed by atoms with E-state index in [-0.39, 0.29) is 5.91 Å². The minimum Gasteiger partial charge on any atom is -0.493 e. The van der Waals surface area contributed by atoms with Gasteiger partial charge in [0.2, 0.25) is 5.91 Å². The van der Waals surface area contributed by atoms with Crippen molar-refractivity contribution in [1.29, 1.82) is 0 Å². The molecule has 0 aliphatic heterocycles. The van der Waals surface area contributed by atoms with Crippen LogP contribution in [0, 0.1) is 0 Å². The minimum atomic E-state index is -0.181. The summed E-state index contributed by atoms with van der Waals surface area (Å²) in [6.07, 6.45) is 10.6. The normalized spacial score (nSPS) is 14.6. The van der Waals surface area contributed by atoms with Gasteiger partial charge in [-0.25, -0.2) is 4.68 Å². The fourth-order valence-electron chi connectivity index (χ4n) is 3.31. The Bertz CT molecular complexity index is 792.